The van der Waals surface area contributed by atoms with Crippen molar-refractivity contribution in [3.63, 3.8) is 0 Å². The van der Waals surface area contributed by atoms with Crippen LogP contribution in [0.25, 0.3) is 0 Å². The Morgan fingerprint density at radius 1 is 1.04 bits per heavy atom. The van der Waals surface area contributed by atoms with E-state index in [1.54, 1.807) is 0 Å². The van der Waals surface area contributed by atoms with Crippen molar-refractivity contribution in [2.24, 2.45) is 11.3 Å². The highest BCUT2D eigenvalue weighted by atomic mass is 15.4. The highest BCUT2D eigenvalue weighted by Gasteiger charge is 2.48. The van der Waals surface area contributed by atoms with E-state index in [1.807, 2.05) is 0 Å². The van der Waals surface area contributed by atoms with Crippen molar-refractivity contribution in [2.45, 2.75) is 78.9 Å². The lowest BCUT2D eigenvalue weighted by Gasteiger charge is -2.46. The fourth-order valence-electron chi connectivity index (χ4n) is 5.11. The molecule has 0 spiro atoms. The maximum atomic E-state index is 9.59. The Morgan fingerprint density at radius 2 is 1.73 bits per heavy atom. The van der Waals surface area contributed by atoms with Gasteiger partial charge in [0.15, 0.2) is 0 Å². The molecule has 1 aromatic rings. The van der Waals surface area contributed by atoms with Gasteiger partial charge in [-0.1, -0.05) is 64.3 Å². The molecule has 2 atom stereocenters. The molecule has 0 amide bonds. The zero-order chi connectivity index (χ0) is 19.4. The van der Waals surface area contributed by atoms with Crippen LogP contribution in [-0.4, -0.2) is 17.1 Å². The standard InChI is InChI=1S/C24H34N2/c1-17-11-9-10-14-20(17)25-18(2)21-15-16-22(19-12-7-6-8-13-19)26(21)23(25)24(3,4)5/h9-11,14-16,19,22-23H,6-8,12-13H2,1-5H3/i22D. The Balaban J connectivity index is 1.82. The third kappa shape index (κ3) is 2.78. The number of anilines is 1. The predicted molar refractivity (Wildman–Crippen MR) is 111 cm³/mol. The van der Waals surface area contributed by atoms with Gasteiger partial charge in [0, 0.05) is 16.8 Å². The van der Waals surface area contributed by atoms with Crippen molar-refractivity contribution >= 4 is 5.69 Å². The van der Waals surface area contributed by atoms with E-state index in [1.165, 1.54) is 54.7 Å². The van der Waals surface area contributed by atoms with Gasteiger partial charge in [-0.05, 0) is 50.3 Å². The fraction of sp³-hybridized carbons (Fsp3) is 0.583. The fourth-order valence-corrected chi connectivity index (χ4v) is 5.11. The molecule has 0 radical (unpaired) electrons. The average Bonchev–Trinajstić information content (AvgIpc) is 3.13. The molecule has 0 aromatic heterocycles. The van der Waals surface area contributed by atoms with Gasteiger partial charge in [0.1, 0.15) is 6.17 Å². The molecule has 140 valence electrons. The van der Waals surface area contributed by atoms with E-state index in [0.29, 0.717) is 5.92 Å². The van der Waals surface area contributed by atoms with Gasteiger partial charge in [-0.15, -0.1) is 0 Å². The lowest BCUT2D eigenvalue weighted by molar-refractivity contribution is 0.101. The number of hydrogen-bond donors (Lipinski definition) is 0. The van der Waals surface area contributed by atoms with Gasteiger partial charge in [0.2, 0.25) is 0 Å². The topological polar surface area (TPSA) is 6.48 Å². The summed E-state index contributed by atoms with van der Waals surface area (Å²) in [5, 5.41) is 0. The lowest BCUT2D eigenvalue weighted by atomic mass is 9.82. The van der Waals surface area contributed by atoms with Gasteiger partial charge in [0.05, 0.1) is 13.1 Å². The van der Waals surface area contributed by atoms with Crippen LogP contribution < -0.4 is 4.90 Å². The van der Waals surface area contributed by atoms with Crippen LogP contribution in [0.15, 0.2) is 47.8 Å². The van der Waals surface area contributed by atoms with Crippen LogP contribution in [0, 0.1) is 18.3 Å². The van der Waals surface area contributed by atoms with Gasteiger partial charge in [-0.3, -0.25) is 0 Å². The summed E-state index contributed by atoms with van der Waals surface area (Å²) in [7, 11) is 0. The zero-order valence-corrected chi connectivity index (χ0v) is 17.0. The molecule has 1 fully saturated rings. The van der Waals surface area contributed by atoms with Crippen molar-refractivity contribution in [2.75, 3.05) is 4.90 Å². The Labute approximate surface area is 161 Å². The Bertz CT molecular complexity index is 782. The summed E-state index contributed by atoms with van der Waals surface area (Å²) in [6, 6.07) is 8.06. The lowest BCUT2D eigenvalue weighted by Crippen LogP contribution is -2.53. The molecule has 1 aliphatic carbocycles. The van der Waals surface area contributed by atoms with Crippen molar-refractivity contribution < 1.29 is 1.37 Å². The first-order valence-electron chi connectivity index (χ1n) is 10.8. The molecule has 0 N–H and O–H groups in total. The molecular formula is C24H34N2. The highest BCUT2D eigenvalue weighted by Crippen LogP contribution is 2.48. The Hall–Kier alpha value is -1.70. The highest BCUT2D eigenvalue weighted by molar-refractivity contribution is 5.63. The van der Waals surface area contributed by atoms with Gasteiger partial charge in [-0.2, -0.15) is 0 Å². The Kier molecular flexibility index (Phi) is 4.10. The van der Waals surface area contributed by atoms with Crippen molar-refractivity contribution in [3.05, 3.63) is 53.4 Å². The number of rotatable bonds is 2. The van der Waals surface area contributed by atoms with Gasteiger partial charge in [0.25, 0.3) is 0 Å². The van der Waals surface area contributed by atoms with E-state index in [-0.39, 0.29) is 11.6 Å². The van der Waals surface area contributed by atoms with E-state index in [9.17, 15) is 1.37 Å². The molecule has 26 heavy (non-hydrogen) atoms. The van der Waals surface area contributed by atoms with Crippen LogP contribution in [0.5, 0.6) is 0 Å². The molecule has 2 aliphatic heterocycles. The summed E-state index contributed by atoms with van der Waals surface area (Å²) in [4.78, 5) is 4.95. The molecule has 2 unspecified atom stereocenters. The summed E-state index contributed by atoms with van der Waals surface area (Å²) in [5.74, 6) is 0.425. The third-order valence-electron chi connectivity index (χ3n) is 6.34. The molecule has 0 saturated heterocycles. The molecule has 2 heterocycles. The zero-order valence-electron chi connectivity index (χ0n) is 18.0. The van der Waals surface area contributed by atoms with E-state index in [4.69, 9.17) is 0 Å². The van der Waals surface area contributed by atoms with E-state index < -0.39 is 6.02 Å². The van der Waals surface area contributed by atoms with E-state index >= 15 is 0 Å². The minimum absolute atomic E-state index is 0.0261. The predicted octanol–water partition coefficient (Wildman–Crippen LogP) is 6.24. The maximum absolute atomic E-state index is 9.59. The monoisotopic (exact) mass is 351 g/mol. The molecule has 3 aliphatic rings. The molecule has 1 aromatic carbocycles. The summed E-state index contributed by atoms with van der Waals surface area (Å²) in [5.41, 5.74) is 5.13. The maximum Gasteiger partial charge on any atom is 0.111 e. The van der Waals surface area contributed by atoms with Crippen molar-refractivity contribution in [3.8, 4) is 0 Å². The summed E-state index contributed by atoms with van der Waals surface area (Å²) in [6.07, 6.45) is 10.8. The normalized spacial score (nSPS) is 30.2. The van der Waals surface area contributed by atoms with Crippen LogP contribution >= 0.6 is 0 Å². The van der Waals surface area contributed by atoms with Crippen LogP contribution in [0.1, 0.15) is 66.7 Å². The van der Waals surface area contributed by atoms with Crippen LogP contribution in [0.2, 0.25) is 0 Å². The SMILES string of the molecule is [2H]C1(C2CCCCC2)C=CC2=C(C)N(c3ccccc3C)C(C(C)(C)C)N21. The van der Waals surface area contributed by atoms with Gasteiger partial charge < -0.3 is 9.80 Å². The van der Waals surface area contributed by atoms with Crippen LogP contribution in [0.4, 0.5) is 5.69 Å². The quantitative estimate of drug-likeness (QED) is 0.622. The first-order chi connectivity index (χ1) is 12.7. The largest absolute Gasteiger partial charge is 0.342 e. The number of nitrogens with zero attached hydrogens (tertiary/aromatic N) is 2. The van der Waals surface area contributed by atoms with E-state index in [2.05, 4.69) is 80.8 Å². The molecule has 2 nitrogen and oxygen atoms in total. The molecule has 2 heteroatoms. The number of fused-ring (bicyclic) bond motifs is 1. The van der Waals surface area contributed by atoms with Crippen LogP contribution in [0.3, 0.4) is 0 Å². The van der Waals surface area contributed by atoms with Crippen molar-refractivity contribution in [1.29, 1.82) is 0 Å². The Morgan fingerprint density at radius 3 is 2.38 bits per heavy atom. The first kappa shape index (κ1) is 16.5. The summed E-state index contributed by atoms with van der Waals surface area (Å²) >= 11 is 0. The number of allylic oxidation sites excluding steroid dienone is 2. The number of benzene rings is 1. The minimum Gasteiger partial charge on any atom is -0.342 e. The first-order valence-corrected chi connectivity index (χ1v) is 10.3. The molecule has 4 rings (SSSR count). The third-order valence-corrected chi connectivity index (χ3v) is 6.34. The summed E-state index contributed by atoms with van der Waals surface area (Å²) in [6.45, 7) is 11.4. The van der Waals surface area contributed by atoms with Crippen LogP contribution in [-0.2, 0) is 0 Å². The second-order valence-electron chi connectivity index (χ2n) is 9.33. The van der Waals surface area contributed by atoms with E-state index in [0.717, 1.165) is 0 Å². The van der Waals surface area contributed by atoms with Crippen molar-refractivity contribution in [1.82, 2.24) is 4.90 Å². The minimum atomic E-state index is -0.619. The smallest absolute Gasteiger partial charge is 0.111 e. The molecule has 1 saturated carbocycles. The number of aryl methyl sites for hydroxylation is 1. The second kappa shape index (κ2) is 6.48. The number of para-hydroxylation sites is 1. The molecule has 0 bridgehead atoms. The summed E-state index contributed by atoms with van der Waals surface area (Å²) < 4.78 is 9.59. The number of hydrogen-bond acceptors (Lipinski definition) is 2. The average molecular weight is 352 g/mol. The molecular weight excluding hydrogens is 316 g/mol. The van der Waals surface area contributed by atoms with Gasteiger partial charge >= 0.3 is 0 Å². The second-order valence-corrected chi connectivity index (χ2v) is 9.33. The van der Waals surface area contributed by atoms with Gasteiger partial charge in [-0.25, -0.2) is 0 Å².